The van der Waals surface area contributed by atoms with Gasteiger partial charge in [-0.1, -0.05) is 17.4 Å². The lowest BCUT2D eigenvalue weighted by atomic mass is 10.2. The van der Waals surface area contributed by atoms with Crippen molar-refractivity contribution < 1.29 is 0 Å². The van der Waals surface area contributed by atoms with Gasteiger partial charge in [-0.25, -0.2) is 0 Å². The van der Waals surface area contributed by atoms with Crippen molar-refractivity contribution in [1.29, 1.82) is 0 Å². The van der Waals surface area contributed by atoms with Gasteiger partial charge in [0.15, 0.2) is 0 Å². The van der Waals surface area contributed by atoms with E-state index in [9.17, 15) is 0 Å². The first-order chi connectivity index (χ1) is 5.25. The summed E-state index contributed by atoms with van der Waals surface area (Å²) in [5, 5.41) is 0. The Morgan fingerprint density at radius 3 is 3.09 bits per heavy atom. The first kappa shape index (κ1) is 7.13. The molecule has 0 aliphatic heterocycles. The fourth-order valence-electron chi connectivity index (χ4n) is 1.04. The summed E-state index contributed by atoms with van der Waals surface area (Å²) in [7, 11) is 0. The minimum absolute atomic E-state index is 0.950. The van der Waals surface area contributed by atoms with Gasteiger partial charge in [0.25, 0.3) is 4.34 Å². The minimum Gasteiger partial charge on any atom is -0.192 e. The number of benzene rings is 1. The number of hydrogen-bond acceptors (Lipinski definition) is 2. The summed E-state index contributed by atoms with van der Waals surface area (Å²) in [5.41, 5.74) is 2.34. The number of nitrogens with zero attached hydrogens (tertiary/aromatic N) is 1. The highest BCUT2D eigenvalue weighted by molar-refractivity contribution is 7.63. The van der Waals surface area contributed by atoms with Crippen LogP contribution in [0.4, 0.5) is 0 Å². The highest BCUT2D eigenvalue weighted by Gasteiger charge is 2.02. The third-order valence-corrected chi connectivity index (χ3v) is 2.81. The molecule has 0 amide bonds. The maximum absolute atomic E-state index is 4.31. The van der Waals surface area contributed by atoms with Crippen molar-refractivity contribution in [2.45, 2.75) is 11.3 Å². The fourth-order valence-corrected chi connectivity index (χ4v) is 2.19. The first-order valence-corrected chi connectivity index (χ1v) is 4.66. The molecular weight excluding hydrogens is 174 g/mol. The molecule has 0 atom stereocenters. The molecule has 0 radical (unpaired) electrons. The summed E-state index contributed by atoms with van der Waals surface area (Å²) < 4.78 is 2.19. The molecule has 1 aromatic carbocycles. The quantitative estimate of drug-likeness (QED) is 0.568. The van der Waals surface area contributed by atoms with Crippen molar-refractivity contribution in [2.24, 2.45) is 0 Å². The van der Waals surface area contributed by atoms with Gasteiger partial charge in [0.05, 0.1) is 10.2 Å². The molecule has 0 fully saturated rings. The normalized spacial score (nSPS) is 10.7. The van der Waals surface area contributed by atoms with Crippen LogP contribution in [0.25, 0.3) is 10.2 Å². The van der Waals surface area contributed by atoms with Crippen LogP contribution in [0.3, 0.4) is 0 Å². The van der Waals surface area contributed by atoms with Crippen LogP contribution in [-0.4, -0.2) is 4.98 Å². The number of aryl methyl sites for hydroxylation is 1. The van der Waals surface area contributed by atoms with Crippen molar-refractivity contribution in [3.05, 3.63) is 23.8 Å². The zero-order chi connectivity index (χ0) is 7.84. The molecule has 0 saturated carbocycles. The summed E-state index contributed by atoms with van der Waals surface area (Å²) in [5.74, 6) is 0. The van der Waals surface area contributed by atoms with E-state index in [-0.39, 0.29) is 0 Å². The van der Waals surface area contributed by atoms with Crippen LogP contribution >= 0.6 is 11.3 Å². The average molecular weight is 182 g/mol. The number of aromatic nitrogens is 1. The van der Waals surface area contributed by atoms with Crippen molar-refractivity contribution >= 4 is 34.2 Å². The van der Waals surface area contributed by atoms with Gasteiger partial charge in [-0.05, 0) is 24.6 Å². The van der Waals surface area contributed by atoms with Crippen LogP contribution in [0.1, 0.15) is 5.56 Å². The summed E-state index contributed by atoms with van der Waals surface area (Å²) in [6.07, 6.45) is 0. The molecule has 11 heavy (non-hydrogen) atoms. The van der Waals surface area contributed by atoms with E-state index in [1.807, 2.05) is 0 Å². The molecule has 2 aromatic rings. The minimum atomic E-state index is 0.950. The van der Waals surface area contributed by atoms with Crippen LogP contribution in [0.5, 0.6) is 0 Å². The van der Waals surface area contributed by atoms with E-state index in [1.165, 1.54) is 10.3 Å². The van der Waals surface area contributed by atoms with E-state index in [2.05, 4.69) is 42.7 Å². The molecule has 2 rings (SSSR count). The van der Waals surface area contributed by atoms with Gasteiger partial charge in [-0.15, -0.1) is 0 Å². The summed E-state index contributed by atoms with van der Waals surface area (Å²) >= 11 is 5.07. The Labute approximate surface area is 74.5 Å². The summed E-state index contributed by atoms with van der Waals surface area (Å²) in [6, 6.07) is 6.30. The second kappa shape index (κ2) is 2.50. The Morgan fingerprint density at radius 1 is 1.45 bits per heavy atom. The number of fused-ring (bicyclic) bond motifs is 1. The van der Waals surface area contributed by atoms with Crippen molar-refractivity contribution in [1.82, 2.24) is 4.98 Å². The van der Waals surface area contributed by atoms with Crippen LogP contribution in [0, 0.1) is 6.92 Å². The SMILES string of the molecule is Cc1ccc2sc([SH2+])nc2c1. The second-order valence-electron chi connectivity index (χ2n) is 2.49. The molecule has 0 unspecified atom stereocenters. The predicted octanol–water partition coefficient (Wildman–Crippen LogP) is 1.98. The molecule has 0 N–H and O–H groups in total. The highest BCUT2D eigenvalue weighted by Crippen LogP contribution is 2.22. The standard InChI is InChI=1S/C8H7NS2/c1-5-2-3-7-6(4-5)9-8(10)11-7/h2-4H,1H3,(H,9,10)/p+1. The van der Waals surface area contributed by atoms with Gasteiger partial charge in [-0.3, -0.25) is 0 Å². The van der Waals surface area contributed by atoms with Gasteiger partial charge in [-0.2, -0.15) is 4.98 Å². The predicted molar refractivity (Wildman–Crippen MR) is 52.8 cm³/mol. The van der Waals surface area contributed by atoms with Gasteiger partial charge in [0.2, 0.25) is 0 Å². The number of thiazole rings is 1. The topological polar surface area (TPSA) is 12.9 Å². The van der Waals surface area contributed by atoms with E-state index in [0.717, 1.165) is 9.86 Å². The molecular formula is C8H8NS2+. The molecule has 1 aromatic heterocycles. The Kier molecular flexibility index (Phi) is 1.62. The van der Waals surface area contributed by atoms with E-state index < -0.39 is 0 Å². The molecule has 1 nitrogen and oxygen atoms in total. The third-order valence-electron chi connectivity index (χ3n) is 1.54. The molecule has 0 bridgehead atoms. The molecule has 0 aliphatic rings. The Balaban J connectivity index is 2.82. The lowest BCUT2D eigenvalue weighted by molar-refractivity contribution is 1.31. The molecule has 3 heteroatoms. The average Bonchev–Trinajstić information content (AvgIpc) is 2.27. The smallest absolute Gasteiger partial charge is 0.192 e. The van der Waals surface area contributed by atoms with E-state index >= 15 is 0 Å². The zero-order valence-electron chi connectivity index (χ0n) is 6.09. The highest BCUT2D eigenvalue weighted by atomic mass is 32.2. The Morgan fingerprint density at radius 2 is 2.27 bits per heavy atom. The van der Waals surface area contributed by atoms with E-state index in [4.69, 9.17) is 0 Å². The molecule has 56 valence electrons. The lowest BCUT2D eigenvalue weighted by Gasteiger charge is -1.88. The van der Waals surface area contributed by atoms with Crippen molar-refractivity contribution in [3.8, 4) is 0 Å². The maximum atomic E-state index is 4.31. The summed E-state index contributed by atoms with van der Waals surface area (Å²) in [4.78, 5) is 4.31. The molecule has 0 saturated heterocycles. The van der Waals surface area contributed by atoms with Crippen LogP contribution in [-0.2, 0) is 12.6 Å². The number of rotatable bonds is 0. The molecule has 1 heterocycles. The maximum Gasteiger partial charge on any atom is 0.300 e. The van der Waals surface area contributed by atoms with Gasteiger partial charge < -0.3 is 0 Å². The van der Waals surface area contributed by atoms with Crippen molar-refractivity contribution in [2.75, 3.05) is 0 Å². The number of hydrogen-bond donors (Lipinski definition) is 0. The molecule has 0 spiro atoms. The zero-order valence-corrected chi connectivity index (χ0v) is 7.90. The van der Waals surface area contributed by atoms with Crippen LogP contribution < -0.4 is 0 Å². The van der Waals surface area contributed by atoms with Gasteiger partial charge in [0.1, 0.15) is 0 Å². The second-order valence-corrected chi connectivity index (χ2v) is 4.36. The lowest BCUT2D eigenvalue weighted by Crippen LogP contribution is -1.71. The monoisotopic (exact) mass is 182 g/mol. The van der Waals surface area contributed by atoms with Gasteiger partial charge in [0, 0.05) is 12.6 Å². The largest absolute Gasteiger partial charge is 0.300 e. The van der Waals surface area contributed by atoms with Gasteiger partial charge >= 0.3 is 0 Å². The van der Waals surface area contributed by atoms with Crippen molar-refractivity contribution in [3.63, 3.8) is 0 Å². The van der Waals surface area contributed by atoms with E-state index in [0.29, 0.717) is 0 Å². The molecule has 0 aliphatic carbocycles. The summed E-state index contributed by atoms with van der Waals surface area (Å²) in [6.45, 7) is 2.08. The Bertz CT molecular complexity index is 392. The first-order valence-electron chi connectivity index (χ1n) is 3.34. The Hall–Kier alpha value is -0.540. The fraction of sp³-hybridized carbons (Fsp3) is 0.125. The van der Waals surface area contributed by atoms with Crippen LogP contribution in [0.2, 0.25) is 0 Å². The van der Waals surface area contributed by atoms with Crippen LogP contribution in [0.15, 0.2) is 22.5 Å². The van der Waals surface area contributed by atoms with E-state index in [1.54, 1.807) is 11.3 Å². The third kappa shape index (κ3) is 1.26.